The number of anilines is 1. The zero-order valence-corrected chi connectivity index (χ0v) is 14.2. The van der Waals surface area contributed by atoms with Gasteiger partial charge < -0.3 is 14.5 Å². The molecule has 6 heteroatoms. The van der Waals surface area contributed by atoms with Gasteiger partial charge in [-0.05, 0) is 50.1 Å². The Morgan fingerprint density at radius 1 is 1.08 bits per heavy atom. The molecule has 6 nitrogen and oxygen atoms in total. The number of hydrogen-bond acceptors (Lipinski definition) is 6. The zero-order valence-electron chi connectivity index (χ0n) is 14.2. The number of aromatic nitrogens is 3. The molecule has 124 valence electrons. The Morgan fingerprint density at radius 3 is 2.58 bits per heavy atom. The fourth-order valence-electron chi connectivity index (χ4n) is 2.30. The Hall–Kier alpha value is -2.89. The van der Waals surface area contributed by atoms with E-state index >= 15 is 0 Å². The molecule has 2 aromatic heterocycles. The van der Waals surface area contributed by atoms with Crippen molar-refractivity contribution in [3.05, 3.63) is 53.5 Å². The normalized spacial score (nSPS) is 12.0. The quantitative estimate of drug-likeness (QED) is 0.766. The van der Waals surface area contributed by atoms with Crippen LogP contribution in [0.4, 0.5) is 5.69 Å². The minimum atomic E-state index is -0.131. The lowest BCUT2D eigenvalue weighted by Crippen LogP contribution is -2.07. The third-order valence-electron chi connectivity index (χ3n) is 3.89. The largest absolute Gasteiger partial charge is 0.481 e. The number of ether oxygens (including phenoxy) is 1. The summed E-state index contributed by atoms with van der Waals surface area (Å²) in [5, 5.41) is 11.6. The van der Waals surface area contributed by atoms with E-state index < -0.39 is 0 Å². The maximum atomic E-state index is 5.81. The number of benzene rings is 1. The number of nitrogens with zero attached hydrogens (tertiary/aromatic N) is 3. The SMILES string of the molecule is COc1ccc(NC(C)c2nnc(-c3ccc(C)c(C)c3)o2)cn1. The molecule has 1 unspecified atom stereocenters. The summed E-state index contributed by atoms with van der Waals surface area (Å²) >= 11 is 0. The molecule has 1 aromatic carbocycles. The number of methoxy groups -OCH3 is 1. The molecule has 0 fully saturated rings. The van der Waals surface area contributed by atoms with Crippen LogP contribution in [0.1, 0.15) is 30.0 Å². The molecule has 0 aliphatic heterocycles. The van der Waals surface area contributed by atoms with Crippen molar-refractivity contribution in [1.82, 2.24) is 15.2 Å². The van der Waals surface area contributed by atoms with Crippen LogP contribution in [0.2, 0.25) is 0 Å². The highest BCUT2D eigenvalue weighted by Gasteiger charge is 2.15. The van der Waals surface area contributed by atoms with Gasteiger partial charge in [-0.2, -0.15) is 0 Å². The number of pyridine rings is 1. The molecule has 3 rings (SSSR count). The average Bonchev–Trinajstić information content (AvgIpc) is 3.08. The van der Waals surface area contributed by atoms with Crippen molar-refractivity contribution in [1.29, 1.82) is 0 Å². The Kier molecular flexibility index (Phi) is 4.46. The predicted molar refractivity (Wildman–Crippen MR) is 92.0 cm³/mol. The second-order valence-electron chi connectivity index (χ2n) is 5.70. The second kappa shape index (κ2) is 6.70. The van der Waals surface area contributed by atoms with Crippen LogP contribution < -0.4 is 10.1 Å². The Balaban J connectivity index is 1.75. The molecule has 1 N–H and O–H groups in total. The van der Waals surface area contributed by atoms with Crippen molar-refractivity contribution in [2.45, 2.75) is 26.8 Å². The molecule has 0 bridgehead atoms. The first kappa shape index (κ1) is 16.0. The molecule has 0 aliphatic carbocycles. The fraction of sp³-hybridized carbons (Fsp3) is 0.278. The number of aryl methyl sites for hydroxylation is 2. The van der Waals surface area contributed by atoms with Crippen molar-refractivity contribution >= 4 is 5.69 Å². The lowest BCUT2D eigenvalue weighted by Gasteiger charge is -2.11. The molecule has 0 aliphatic rings. The monoisotopic (exact) mass is 324 g/mol. The molecular formula is C18H20N4O2. The summed E-state index contributed by atoms with van der Waals surface area (Å²) in [6.07, 6.45) is 1.70. The summed E-state index contributed by atoms with van der Waals surface area (Å²) in [5.74, 6) is 1.62. The first-order valence-electron chi connectivity index (χ1n) is 7.74. The Bertz CT molecular complexity index is 827. The van der Waals surface area contributed by atoms with E-state index in [2.05, 4.69) is 46.5 Å². The number of nitrogens with one attached hydrogen (secondary N) is 1. The van der Waals surface area contributed by atoms with Gasteiger partial charge in [-0.3, -0.25) is 0 Å². The van der Waals surface area contributed by atoms with Crippen molar-refractivity contribution in [2.75, 3.05) is 12.4 Å². The van der Waals surface area contributed by atoms with Crippen LogP contribution in [0.15, 0.2) is 40.9 Å². The van der Waals surface area contributed by atoms with Gasteiger partial charge in [0.15, 0.2) is 0 Å². The molecule has 0 spiro atoms. The topological polar surface area (TPSA) is 73.1 Å². The van der Waals surface area contributed by atoms with Gasteiger partial charge in [0.2, 0.25) is 17.7 Å². The van der Waals surface area contributed by atoms with Crippen molar-refractivity contribution in [3.8, 4) is 17.3 Å². The molecule has 24 heavy (non-hydrogen) atoms. The fourth-order valence-corrected chi connectivity index (χ4v) is 2.30. The smallest absolute Gasteiger partial charge is 0.247 e. The van der Waals surface area contributed by atoms with E-state index in [1.807, 2.05) is 19.1 Å². The predicted octanol–water partition coefficient (Wildman–Crippen LogP) is 3.93. The molecule has 0 radical (unpaired) electrons. The van der Waals surface area contributed by atoms with Gasteiger partial charge in [-0.25, -0.2) is 4.98 Å². The molecular weight excluding hydrogens is 304 g/mol. The molecule has 0 amide bonds. The van der Waals surface area contributed by atoms with Gasteiger partial charge in [0.1, 0.15) is 6.04 Å². The van der Waals surface area contributed by atoms with Crippen molar-refractivity contribution in [3.63, 3.8) is 0 Å². The van der Waals surface area contributed by atoms with Gasteiger partial charge in [0.05, 0.1) is 19.0 Å². The van der Waals surface area contributed by atoms with Crippen LogP contribution in [0.5, 0.6) is 5.88 Å². The van der Waals surface area contributed by atoms with Gasteiger partial charge >= 0.3 is 0 Å². The Morgan fingerprint density at radius 2 is 1.92 bits per heavy atom. The van der Waals surface area contributed by atoms with E-state index in [9.17, 15) is 0 Å². The maximum absolute atomic E-state index is 5.81. The lowest BCUT2D eigenvalue weighted by atomic mass is 10.1. The summed E-state index contributed by atoms with van der Waals surface area (Å²) in [6, 6.07) is 9.66. The van der Waals surface area contributed by atoms with E-state index in [0.29, 0.717) is 17.7 Å². The van der Waals surface area contributed by atoms with E-state index in [4.69, 9.17) is 9.15 Å². The lowest BCUT2D eigenvalue weighted by molar-refractivity contribution is 0.398. The van der Waals surface area contributed by atoms with Gasteiger partial charge in [0.25, 0.3) is 0 Å². The standard InChI is InChI=1S/C18H20N4O2/c1-11-5-6-14(9-12(11)2)18-22-21-17(24-18)13(3)20-15-7-8-16(23-4)19-10-15/h5-10,13,20H,1-4H3. The minimum Gasteiger partial charge on any atom is -0.481 e. The summed E-state index contributed by atoms with van der Waals surface area (Å²) in [6.45, 7) is 6.10. The van der Waals surface area contributed by atoms with Gasteiger partial charge in [-0.1, -0.05) is 6.07 Å². The van der Waals surface area contributed by atoms with Crippen LogP contribution in [0, 0.1) is 13.8 Å². The van der Waals surface area contributed by atoms with Crippen LogP contribution in [0.3, 0.4) is 0 Å². The van der Waals surface area contributed by atoms with Crippen LogP contribution in [0.25, 0.3) is 11.5 Å². The van der Waals surface area contributed by atoms with E-state index in [0.717, 1.165) is 11.3 Å². The highest BCUT2D eigenvalue weighted by molar-refractivity contribution is 5.55. The second-order valence-corrected chi connectivity index (χ2v) is 5.70. The van der Waals surface area contributed by atoms with E-state index in [-0.39, 0.29) is 6.04 Å². The molecule has 2 heterocycles. The average molecular weight is 324 g/mol. The van der Waals surface area contributed by atoms with E-state index in [1.54, 1.807) is 19.4 Å². The number of hydrogen-bond donors (Lipinski definition) is 1. The van der Waals surface area contributed by atoms with Crippen molar-refractivity contribution in [2.24, 2.45) is 0 Å². The first-order valence-corrected chi connectivity index (χ1v) is 7.74. The molecule has 3 aromatic rings. The molecule has 0 saturated carbocycles. The van der Waals surface area contributed by atoms with Crippen molar-refractivity contribution < 1.29 is 9.15 Å². The summed E-state index contributed by atoms with van der Waals surface area (Å²) in [5.41, 5.74) is 4.22. The summed E-state index contributed by atoms with van der Waals surface area (Å²) in [4.78, 5) is 4.16. The first-order chi connectivity index (χ1) is 11.6. The van der Waals surface area contributed by atoms with Crippen LogP contribution >= 0.6 is 0 Å². The van der Waals surface area contributed by atoms with Gasteiger partial charge in [0, 0.05) is 11.6 Å². The number of rotatable bonds is 5. The maximum Gasteiger partial charge on any atom is 0.247 e. The van der Waals surface area contributed by atoms with Gasteiger partial charge in [-0.15, -0.1) is 10.2 Å². The van der Waals surface area contributed by atoms with Crippen LogP contribution in [-0.4, -0.2) is 22.3 Å². The van der Waals surface area contributed by atoms with E-state index in [1.165, 1.54) is 11.1 Å². The minimum absolute atomic E-state index is 0.131. The summed E-state index contributed by atoms with van der Waals surface area (Å²) in [7, 11) is 1.59. The zero-order chi connectivity index (χ0) is 17.1. The highest BCUT2D eigenvalue weighted by Crippen LogP contribution is 2.24. The molecule has 0 saturated heterocycles. The highest BCUT2D eigenvalue weighted by atomic mass is 16.5. The van der Waals surface area contributed by atoms with Crippen LogP contribution in [-0.2, 0) is 0 Å². The molecule has 1 atom stereocenters. The third-order valence-corrected chi connectivity index (χ3v) is 3.89. The Labute approximate surface area is 140 Å². The third kappa shape index (κ3) is 3.37. The summed E-state index contributed by atoms with van der Waals surface area (Å²) < 4.78 is 10.9.